The summed E-state index contributed by atoms with van der Waals surface area (Å²) >= 11 is 9.52. The van der Waals surface area contributed by atoms with Gasteiger partial charge in [0.2, 0.25) is 0 Å². The van der Waals surface area contributed by atoms with Gasteiger partial charge in [-0.3, -0.25) is 9.78 Å². The zero-order valence-corrected chi connectivity index (χ0v) is 25.7. The second-order valence-electron chi connectivity index (χ2n) is 8.38. The van der Waals surface area contributed by atoms with E-state index in [4.69, 9.17) is 5.73 Å². The first-order chi connectivity index (χ1) is 19.4. The number of aromatic nitrogens is 3. The van der Waals surface area contributed by atoms with Crippen LogP contribution in [0.3, 0.4) is 0 Å². The van der Waals surface area contributed by atoms with Crippen molar-refractivity contribution in [2.75, 3.05) is 12.8 Å². The van der Waals surface area contributed by atoms with Crippen LogP contribution < -0.4 is 11.3 Å². The lowest BCUT2D eigenvalue weighted by Gasteiger charge is -2.03. The highest BCUT2D eigenvalue weighted by atomic mass is 79.9. The van der Waals surface area contributed by atoms with Crippen molar-refractivity contribution in [1.29, 1.82) is 0 Å². The number of esters is 1. The molecule has 0 atom stereocenters. The van der Waals surface area contributed by atoms with Crippen LogP contribution in [0, 0.1) is 0 Å². The van der Waals surface area contributed by atoms with Gasteiger partial charge in [0.25, 0.3) is 5.56 Å². The molecule has 4 heterocycles. The number of nitrogens with two attached hydrogens (primary N) is 1. The van der Waals surface area contributed by atoms with Gasteiger partial charge >= 0.3 is 5.97 Å². The van der Waals surface area contributed by atoms with Gasteiger partial charge in [0.15, 0.2) is 0 Å². The number of nitrogen functional groups attached to an aromatic ring is 1. The van der Waals surface area contributed by atoms with Crippen molar-refractivity contribution in [2.45, 2.75) is 0 Å². The van der Waals surface area contributed by atoms with Crippen molar-refractivity contribution < 1.29 is 9.53 Å². The van der Waals surface area contributed by atoms with Gasteiger partial charge in [-0.05, 0) is 47.5 Å². The fourth-order valence-corrected chi connectivity index (χ4v) is 6.23. The molecule has 4 aromatic heterocycles. The zero-order valence-electron chi connectivity index (χ0n) is 20.9. The molecule has 200 valence electrons. The molecule has 0 saturated carbocycles. The van der Waals surface area contributed by atoms with E-state index in [0.717, 1.165) is 42.3 Å². The smallest absolute Gasteiger partial charge is 0.350 e. The number of benzene rings is 2. The molecule has 6 aromatic rings. The van der Waals surface area contributed by atoms with E-state index in [1.165, 1.54) is 29.8 Å². The fourth-order valence-electron chi connectivity index (χ4n) is 3.88. The van der Waals surface area contributed by atoms with Crippen molar-refractivity contribution in [1.82, 2.24) is 15.0 Å². The van der Waals surface area contributed by atoms with Gasteiger partial charge in [-0.15, -0.1) is 22.7 Å². The van der Waals surface area contributed by atoms with Crippen molar-refractivity contribution in [2.24, 2.45) is 0 Å². The van der Waals surface area contributed by atoms with Crippen LogP contribution in [0.1, 0.15) is 9.67 Å². The molecule has 0 aliphatic rings. The summed E-state index contributed by atoms with van der Waals surface area (Å²) in [6.07, 6.45) is 3.37. The molecule has 0 bridgehead atoms. The minimum Gasteiger partial charge on any atom is -0.465 e. The van der Waals surface area contributed by atoms with Gasteiger partial charge in [0, 0.05) is 48.8 Å². The van der Waals surface area contributed by atoms with Gasteiger partial charge in [0.05, 0.1) is 18.3 Å². The molecule has 0 amide bonds. The number of halogens is 2. The average molecular weight is 696 g/mol. The number of fused-ring (bicyclic) bond motifs is 1. The minimum absolute atomic E-state index is 0.116. The lowest BCUT2D eigenvalue weighted by atomic mass is 10.1. The SMILES string of the molecule is COC(=O)c1scc(-c2ccc(Br)cc2)c1N.O=c1[nH]c(-c2ccncc2)nc2c(-c3ccc(Br)cc3)csc12. The number of nitrogens with zero attached hydrogens (tertiary/aromatic N) is 2. The molecule has 0 aliphatic heterocycles. The fraction of sp³-hybridized carbons (Fsp3) is 0.0345. The van der Waals surface area contributed by atoms with Crippen LogP contribution in [0.15, 0.2) is 97.6 Å². The largest absolute Gasteiger partial charge is 0.465 e. The predicted octanol–water partition coefficient (Wildman–Crippen LogP) is 8.02. The summed E-state index contributed by atoms with van der Waals surface area (Å²) in [6, 6.07) is 19.4. The summed E-state index contributed by atoms with van der Waals surface area (Å²) in [7, 11) is 1.35. The van der Waals surface area contributed by atoms with Crippen molar-refractivity contribution in [3.05, 3.63) is 108 Å². The predicted molar refractivity (Wildman–Crippen MR) is 170 cm³/mol. The van der Waals surface area contributed by atoms with Gasteiger partial charge in [-0.2, -0.15) is 0 Å². The topological polar surface area (TPSA) is 111 Å². The van der Waals surface area contributed by atoms with Gasteiger partial charge in [-0.1, -0.05) is 56.1 Å². The van der Waals surface area contributed by atoms with Crippen molar-refractivity contribution in [3.63, 3.8) is 0 Å². The van der Waals surface area contributed by atoms with E-state index < -0.39 is 5.97 Å². The summed E-state index contributed by atoms with van der Waals surface area (Å²) in [5.41, 5.74) is 11.7. The summed E-state index contributed by atoms with van der Waals surface area (Å²) in [6.45, 7) is 0. The highest BCUT2D eigenvalue weighted by Crippen LogP contribution is 2.35. The highest BCUT2D eigenvalue weighted by Gasteiger charge is 2.17. The first kappa shape index (κ1) is 27.9. The minimum atomic E-state index is -0.393. The van der Waals surface area contributed by atoms with Gasteiger partial charge < -0.3 is 15.5 Å². The number of thiophene rings is 2. The van der Waals surface area contributed by atoms with E-state index in [-0.39, 0.29) is 5.56 Å². The molecular formula is C29H20Br2N4O3S2. The number of H-pyrrole nitrogens is 1. The molecule has 0 unspecified atom stereocenters. The second-order valence-corrected chi connectivity index (χ2v) is 12.0. The molecular weight excluding hydrogens is 676 g/mol. The van der Waals surface area contributed by atoms with Crippen molar-refractivity contribution in [3.8, 4) is 33.6 Å². The lowest BCUT2D eigenvalue weighted by Crippen LogP contribution is -2.07. The molecule has 0 saturated heterocycles. The average Bonchev–Trinajstić information content (AvgIpc) is 3.58. The van der Waals surface area contributed by atoms with Crippen LogP contribution in [0.4, 0.5) is 5.69 Å². The van der Waals surface area contributed by atoms with E-state index in [9.17, 15) is 9.59 Å². The Hall–Kier alpha value is -3.64. The van der Waals surface area contributed by atoms with E-state index in [1.807, 2.05) is 71.4 Å². The Bertz CT molecular complexity index is 1850. The number of aromatic amines is 1. The maximum Gasteiger partial charge on any atom is 0.350 e. The number of nitrogens with one attached hydrogen (secondary N) is 1. The number of carbonyl (C=O) groups excluding carboxylic acids is 1. The molecule has 2 aromatic carbocycles. The Labute approximate surface area is 254 Å². The maximum absolute atomic E-state index is 12.4. The molecule has 0 fully saturated rings. The Kier molecular flexibility index (Phi) is 8.55. The third-order valence-electron chi connectivity index (χ3n) is 5.89. The summed E-state index contributed by atoms with van der Waals surface area (Å²) in [5.74, 6) is 0.164. The number of anilines is 1. The van der Waals surface area contributed by atoms with Crippen molar-refractivity contribution >= 4 is 76.4 Å². The summed E-state index contributed by atoms with van der Waals surface area (Å²) in [5, 5.41) is 3.84. The zero-order chi connectivity index (χ0) is 28.2. The standard InChI is InChI=1S/C17H10BrN3OS.C12H10BrNO2S/c18-12-3-1-10(2-4-12)13-9-23-15-14(13)20-16(21-17(15)22)11-5-7-19-8-6-11;1-16-12(15)11-10(14)9(6-17-11)7-2-4-8(13)5-3-7/h1-9H,(H,20,21,22);2-6H,14H2,1H3. The van der Waals surface area contributed by atoms with E-state index in [1.54, 1.807) is 12.4 Å². The summed E-state index contributed by atoms with van der Waals surface area (Å²) in [4.78, 5) is 35.8. The quantitative estimate of drug-likeness (QED) is 0.181. The number of methoxy groups -OCH3 is 1. The third-order valence-corrected chi connectivity index (χ3v) is 8.89. The van der Waals surface area contributed by atoms with Crippen LogP contribution in [-0.4, -0.2) is 28.0 Å². The molecule has 0 spiro atoms. The Balaban J connectivity index is 0.000000170. The first-order valence-corrected chi connectivity index (χ1v) is 15.1. The van der Waals surface area contributed by atoms with E-state index >= 15 is 0 Å². The Morgan fingerprint density at radius 3 is 2.02 bits per heavy atom. The molecule has 7 nitrogen and oxygen atoms in total. The molecule has 11 heteroatoms. The summed E-state index contributed by atoms with van der Waals surface area (Å²) < 4.78 is 7.33. The van der Waals surface area contributed by atoms with Crippen LogP contribution in [0.5, 0.6) is 0 Å². The molecule has 0 aliphatic carbocycles. The molecule has 0 radical (unpaired) electrons. The van der Waals surface area contributed by atoms with Gasteiger partial charge in [-0.25, -0.2) is 9.78 Å². The molecule has 3 N–H and O–H groups in total. The molecule has 40 heavy (non-hydrogen) atoms. The van der Waals surface area contributed by atoms with E-state index in [0.29, 0.717) is 21.1 Å². The normalized spacial score (nSPS) is 10.7. The third kappa shape index (κ3) is 5.92. The van der Waals surface area contributed by atoms with Crippen LogP contribution in [0.2, 0.25) is 0 Å². The maximum atomic E-state index is 12.4. The monoisotopic (exact) mass is 694 g/mol. The Morgan fingerprint density at radius 1 is 0.850 bits per heavy atom. The van der Waals surface area contributed by atoms with Crippen LogP contribution in [0.25, 0.3) is 43.9 Å². The van der Waals surface area contributed by atoms with Crippen LogP contribution >= 0.6 is 54.5 Å². The number of ether oxygens (including phenoxy) is 1. The van der Waals surface area contributed by atoms with E-state index in [2.05, 4.69) is 51.5 Å². The first-order valence-electron chi connectivity index (χ1n) is 11.7. The number of pyridine rings is 1. The second kappa shape index (κ2) is 12.3. The highest BCUT2D eigenvalue weighted by molar-refractivity contribution is 9.10. The lowest BCUT2D eigenvalue weighted by molar-refractivity contribution is 0.0607. The Morgan fingerprint density at radius 2 is 1.43 bits per heavy atom. The number of carbonyl (C=O) groups is 1. The number of hydrogen-bond donors (Lipinski definition) is 2. The van der Waals surface area contributed by atoms with Crippen LogP contribution in [-0.2, 0) is 4.74 Å². The van der Waals surface area contributed by atoms with Gasteiger partial charge in [0.1, 0.15) is 15.4 Å². The number of rotatable bonds is 4. The molecule has 6 rings (SSSR count). The number of hydrogen-bond acceptors (Lipinski definition) is 8.